The van der Waals surface area contributed by atoms with Crippen molar-refractivity contribution >= 4 is 22.0 Å². The molecule has 0 aromatic heterocycles. The summed E-state index contributed by atoms with van der Waals surface area (Å²) in [5, 5.41) is 2.83. The van der Waals surface area contributed by atoms with Gasteiger partial charge in [-0.15, -0.1) is 0 Å². The lowest BCUT2D eigenvalue weighted by Crippen LogP contribution is -2.53. The zero-order chi connectivity index (χ0) is 24.0. The van der Waals surface area contributed by atoms with Gasteiger partial charge in [0.2, 0.25) is 15.9 Å². The van der Waals surface area contributed by atoms with Crippen LogP contribution in [0.2, 0.25) is 0 Å². The first-order chi connectivity index (χ1) is 15.8. The second kappa shape index (κ2) is 10.5. The zero-order valence-corrected chi connectivity index (χ0v) is 19.4. The van der Waals surface area contributed by atoms with Gasteiger partial charge in [-0.2, -0.15) is 4.31 Å². The Kier molecular flexibility index (Phi) is 7.77. The number of rotatable bonds is 8. The summed E-state index contributed by atoms with van der Waals surface area (Å²) in [7, 11) is -0.946. The molecule has 3 amide bonds. The number of sulfonamides is 1. The summed E-state index contributed by atoms with van der Waals surface area (Å²) in [5.74, 6) is 0.144. The van der Waals surface area contributed by atoms with Crippen LogP contribution in [0.15, 0.2) is 47.4 Å². The fraction of sp³-hybridized carbons (Fsp3) is 0.364. The second-order valence-electron chi connectivity index (χ2n) is 7.45. The summed E-state index contributed by atoms with van der Waals surface area (Å²) >= 11 is 0. The highest BCUT2D eigenvalue weighted by atomic mass is 32.2. The van der Waals surface area contributed by atoms with Crippen LogP contribution in [0.5, 0.6) is 11.5 Å². The Balaban J connectivity index is 1.55. The third-order valence-corrected chi connectivity index (χ3v) is 7.34. The van der Waals surface area contributed by atoms with Gasteiger partial charge in [-0.1, -0.05) is 12.1 Å². The molecule has 0 radical (unpaired) electrons. The minimum Gasteiger partial charge on any atom is -0.497 e. The van der Waals surface area contributed by atoms with Crippen molar-refractivity contribution in [2.24, 2.45) is 5.73 Å². The highest BCUT2D eigenvalue weighted by Crippen LogP contribution is 2.31. The molecule has 2 aromatic carbocycles. The van der Waals surface area contributed by atoms with Crippen LogP contribution in [-0.2, 0) is 16.4 Å². The zero-order valence-electron chi connectivity index (χ0n) is 18.6. The molecule has 0 saturated carbocycles. The van der Waals surface area contributed by atoms with E-state index in [-0.39, 0.29) is 42.9 Å². The van der Waals surface area contributed by atoms with E-state index in [1.165, 1.54) is 24.6 Å². The molecular weight excluding hydrogens is 448 g/mol. The summed E-state index contributed by atoms with van der Waals surface area (Å²) in [6.45, 7) is 1.22. The number of nitrogens with zero attached hydrogens (tertiary/aromatic N) is 2. The molecule has 178 valence electrons. The Morgan fingerprint density at radius 2 is 1.76 bits per heavy atom. The summed E-state index contributed by atoms with van der Waals surface area (Å²) in [4.78, 5) is 25.4. The first-order valence-corrected chi connectivity index (χ1v) is 11.8. The van der Waals surface area contributed by atoms with Gasteiger partial charge in [0.1, 0.15) is 16.4 Å². The lowest BCUT2D eigenvalue weighted by molar-refractivity contribution is 0.1000. The van der Waals surface area contributed by atoms with Crippen molar-refractivity contribution in [3.8, 4) is 11.5 Å². The predicted molar refractivity (Wildman–Crippen MR) is 122 cm³/mol. The molecule has 3 rings (SSSR count). The van der Waals surface area contributed by atoms with Gasteiger partial charge in [0.15, 0.2) is 0 Å². The molecule has 1 saturated heterocycles. The Bertz CT molecular complexity index is 1110. The number of primary amides is 1. The van der Waals surface area contributed by atoms with E-state index in [0.29, 0.717) is 24.3 Å². The molecule has 2 aromatic rings. The van der Waals surface area contributed by atoms with Crippen LogP contribution in [-0.4, -0.2) is 76.5 Å². The molecule has 0 spiro atoms. The lowest BCUT2D eigenvalue weighted by Gasteiger charge is -2.34. The van der Waals surface area contributed by atoms with Crippen molar-refractivity contribution in [1.82, 2.24) is 14.5 Å². The van der Waals surface area contributed by atoms with Gasteiger partial charge in [-0.05, 0) is 36.2 Å². The maximum atomic E-state index is 13.2. The van der Waals surface area contributed by atoms with Crippen LogP contribution in [0.4, 0.5) is 4.79 Å². The predicted octanol–water partition coefficient (Wildman–Crippen LogP) is 1.06. The quantitative estimate of drug-likeness (QED) is 0.586. The number of methoxy groups -OCH3 is 2. The normalized spacial score (nSPS) is 14.5. The van der Waals surface area contributed by atoms with E-state index in [4.69, 9.17) is 15.2 Å². The number of urea groups is 1. The monoisotopic (exact) mass is 476 g/mol. The Morgan fingerprint density at radius 1 is 1.03 bits per heavy atom. The van der Waals surface area contributed by atoms with Gasteiger partial charge in [-0.3, -0.25) is 4.79 Å². The molecule has 0 atom stereocenters. The van der Waals surface area contributed by atoms with Crippen molar-refractivity contribution in [3.63, 3.8) is 0 Å². The second-order valence-corrected chi connectivity index (χ2v) is 9.36. The highest BCUT2D eigenvalue weighted by Gasteiger charge is 2.32. The summed E-state index contributed by atoms with van der Waals surface area (Å²) in [6.07, 6.45) is 0.539. The topological polar surface area (TPSA) is 131 Å². The van der Waals surface area contributed by atoms with E-state index >= 15 is 0 Å². The maximum Gasteiger partial charge on any atom is 0.317 e. The first kappa shape index (κ1) is 24.3. The summed E-state index contributed by atoms with van der Waals surface area (Å²) in [5.41, 5.74) is 6.60. The van der Waals surface area contributed by atoms with Gasteiger partial charge in [-0.25, -0.2) is 13.2 Å². The van der Waals surface area contributed by atoms with E-state index in [2.05, 4.69) is 5.32 Å². The number of piperazine rings is 1. The largest absolute Gasteiger partial charge is 0.497 e. The molecule has 1 aliphatic rings. The van der Waals surface area contributed by atoms with Crippen LogP contribution in [0, 0.1) is 0 Å². The standard InChI is InChI=1S/C22H28N4O6S/c1-31-18-6-7-19(32-2)20(15-18)33(29,30)26-12-10-25(11-13-26)22(28)24-9-8-16-4-3-5-17(14-16)21(23)27/h3-7,14-15H,8-13H2,1-2H3,(H2,23,27)(H,24,28). The number of nitrogens with one attached hydrogen (secondary N) is 1. The smallest absolute Gasteiger partial charge is 0.317 e. The average Bonchev–Trinajstić information content (AvgIpc) is 2.83. The molecule has 3 N–H and O–H groups in total. The van der Waals surface area contributed by atoms with Crippen LogP contribution in [0.3, 0.4) is 0 Å². The van der Waals surface area contributed by atoms with E-state index in [1.807, 2.05) is 6.07 Å². The van der Waals surface area contributed by atoms with Crippen molar-refractivity contribution in [1.29, 1.82) is 0 Å². The molecule has 0 unspecified atom stereocenters. The average molecular weight is 477 g/mol. The van der Waals surface area contributed by atoms with Crippen LogP contribution in [0.25, 0.3) is 0 Å². The van der Waals surface area contributed by atoms with Gasteiger partial charge >= 0.3 is 6.03 Å². The molecule has 11 heteroatoms. The molecule has 33 heavy (non-hydrogen) atoms. The fourth-order valence-electron chi connectivity index (χ4n) is 3.56. The SMILES string of the molecule is COc1ccc(OC)c(S(=O)(=O)N2CCN(C(=O)NCCc3cccc(C(N)=O)c3)CC2)c1. The van der Waals surface area contributed by atoms with Crippen molar-refractivity contribution < 1.29 is 27.5 Å². The maximum absolute atomic E-state index is 13.2. The van der Waals surface area contributed by atoms with Crippen molar-refractivity contribution in [3.05, 3.63) is 53.6 Å². The Morgan fingerprint density at radius 3 is 2.39 bits per heavy atom. The Hall–Kier alpha value is -3.31. The summed E-state index contributed by atoms with van der Waals surface area (Å²) < 4.78 is 38.0. The minimum absolute atomic E-state index is 0.0282. The number of hydrogen-bond acceptors (Lipinski definition) is 6. The van der Waals surface area contributed by atoms with Gasteiger partial charge in [0, 0.05) is 44.4 Å². The molecule has 10 nitrogen and oxygen atoms in total. The number of nitrogens with two attached hydrogens (primary N) is 1. The van der Waals surface area contributed by atoms with E-state index in [1.54, 1.807) is 35.2 Å². The lowest BCUT2D eigenvalue weighted by atomic mass is 10.1. The van der Waals surface area contributed by atoms with E-state index < -0.39 is 15.9 Å². The number of hydrogen-bond donors (Lipinski definition) is 2. The third-order valence-electron chi connectivity index (χ3n) is 5.42. The minimum atomic E-state index is -3.82. The third kappa shape index (κ3) is 5.74. The number of carbonyl (C=O) groups excluding carboxylic acids is 2. The van der Waals surface area contributed by atoms with Gasteiger partial charge in [0.05, 0.1) is 14.2 Å². The van der Waals surface area contributed by atoms with E-state index in [9.17, 15) is 18.0 Å². The number of ether oxygens (including phenoxy) is 2. The molecule has 0 bridgehead atoms. The first-order valence-electron chi connectivity index (χ1n) is 10.4. The van der Waals surface area contributed by atoms with Crippen molar-refractivity contribution in [2.45, 2.75) is 11.3 Å². The molecule has 1 fully saturated rings. The molecular formula is C22H28N4O6S. The number of carbonyl (C=O) groups is 2. The van der Waals surface area contributed by atoms with Crippen LogP contribution >= 0.6 is 0 Å². The molecule has 1 heterocycles. The van der Waals surface area contributed by atoms with Gasteiger partial charge < -0.3 is 25.4 Å². The van der Waals surface area contributed by atoms with Crippen LogP contribution in [0.1, 0.15) is 15.9 Å². The van der Waals surface area contributed by atoms with Gasteiger partial charge in [0.25, 0.3) is 0 Å². The number of amides is 3. The van der Waals surface area contributed by atoms with Crippen molar-refractivity contribution in [2.75, 3.05) is 46.9 Å². The number of benzene rings is 2. The Labute approximate surface area is 193 Å². The fourth-order valence-corrected chi connectivity index (χ4v) is 5.15. The molecule has 1 aliphatic heterocycles. The van der Waals surface area contributed by atoms with E-state index in [0.717, 1.165) is 5.56 Å². The molecule has 0 aliphatic carbocycles. The summed E-state index contributed by atoms with van der Waals surface area (Å²) in [6, 6.07) is 11.3. The highest BCUT2D eigenvalue weighted by molar-refractivity contribution is 7.89. The van der Waals surface area contributed by atoms with Crippen LogP contribution < -0.4 is 20.5 Å².